The molecule has 1 aromatic heterocycles. The first-order valence-electron chi connectivity index (χ1n) is 6.14. The molecular formula is C15H15N3O. The first kappa shape index (κ1) is 13.0. The summed E-state index contributed by atoms with van der Waals surface area (Å²) in [6.45, 7) is 4.51. The maximum absolute atomic E-state index is 8.82. The van der Waals surface area contributed by atoms with E-state index < -0.39 is 0 Å². The van der Waals surface area contributed by atoms with Crippen LogP contribution < -0.4 is 4.74 Å². The van der Waals surface area contributed by atoms with Gasteiger partial charge < -0.3 is 4.74 Å². The van der Waals surface area contributed by atoms with Crippen molar-refractivity contribution in [2.24, 2.45) is 0 Å². The standard InChI is InChI=1S/C15H15N3O/c1-11(2)14-6-7-15(18-17-14)19-10-13-5-3-4-12(8-13)9-16/h3-8,11H,10H2,1-2H3. The summed E-state index contributed by atoms with van der Waals surface area (Å²) >= 11 is 0. The Morgan fingerprint density at radius 3 is 2.68 bits per heavy atom. The van der Waals surface area contributed by atoms with E-state index in [-0.39, 0.29) is 0 Å². The van der Waals surface area contributed by atoms with Crippen molar-refractivity contribution < 1.29 is 4.74 Å². The molecule has 2 aromatic rings. The van der Waals surface area contributed by atoms with Gasteiger partial charge in [0.25, 0.3) is 0 Å². The molecule has 2 rings (SSSR count). The Labute approximate surface area is 112 Å². The van der Waals surface area contributed by atoms with Crippen molar-refractivity contribution in [2.75, 3.05) is 0 Å². The van der Waals surface area contributed by atoms with E-state index in [2.05, 4.69) is 30.1 Å². The lowest BCUT2D eigenvalue weighted by Gasteiger charge is -2.07. The fourth-order valence-electron chi connectivity index (χ4n) is 1.60. The second kappa shape index (κ2) is 5.96. The third-order valence-electron chi connectivity index (χ3n) is 2.70. The molecule has 0 aliphatic carbocycles. The van der Waals surface area contributed by atoms with Gasteiger partial charge in [-0.05, 0) is 29.7 Å². The minimum absolute atomic E-state index is 0.355. The maximum atomic E-state index is 8.82. The minimum Gasteiger partial charge on any atom is -0.472 e. The zero-order chi connectivity index (χ0) is 13.7. The van der Waals surface area contributed by atoms with E-state index in [1.54, 1.807) is 12.1 Å². The van der Waals surface area contributed by atoms with E-state index >= 15 is 0 Å². The van der Waals surface area contributed by atoms with E-state index in [4.69, 9.17) is 10.00 Å². The van der Waals surface area contributed by atoms with Crippen LogP contribution in [0.15, 0.2) is 36.4 Å². The summed E-state index contributed by atoms with van der Waals surface area (Å²) in [5.41, 5.74) is 2.51. The SMILES string of the molecule is CC(C)c1ccc(OCc2cccc(C#N)c2)nn1. The van der Waals surface area contributed by atoms with Crippen LogP contribution >= 0.6 is 0 Å². The zero-order valence-electron chi connectivity index (χ0n) is 11.0. The smallest absolute Gasteiger partial charge is 0.233 e. The topological polar surface area (TPSA) is 58.8 Å². The monoisotopic (exact) mass is 253 g/mol. The van der Waals surface area contributed by atoms with Crippen molar-refractivity contribution in [3.63, 3.8) is 0 Å². The van der Waals surface area contributed by atoms with Gasteiger partial charge >= 0.3 is 0 Å². The molecule has 0 aliphatic rings. The lowest BCUT2D eigenvalue weighted by molar-refractivity contribution is 0.289. The van der Waals surface area contributed by atoms with Gasteiger partial charge in [0.05, 0.1) is 17.3 Å². The first-order chi connectivity index (χ1) is 9.19. The van der Waals surface area contributed by atoms with Crippen LogP contribution in [0.1, 0.15) is 36.6 Å². The molecule has 1 aromatic carbocycles. The number of ether oxygens (including phenoxy) is 1. The molecule has 96 valence electrons. The Kier molecular flexibility index (Phi) is 4.09. The quantitative estimate of drug-likeness (QED) is 0.840. The van der Waals surface area contributed by atoms with Gasteiger partial charge in [-0.25, -0.2) is 0 Å². The first-order valence-corrected chi connectivity index (χ1v) is 6.14. The van der Waals surface area contributed by atoms with Crippen LogP contribution in [0.3, 0.4) is 0 Å². The molecule has 19 heavy (non-hydrogen) atoms. The Morgan fingerprint density at radius 2 is 2.05 bits per heavy atom. The van der Waals surface area contributed by atoms with Gasteiger partial charge in [-0.2, -0.15) is 10.4 Å². The number of nitriles is 1. The Hall–Kier alpha value is -2.41. The summed E-state index contributed by atoms with van der Waals surface area (Å²) in [5, 5.41) is 16.9. The van der Waals surface area contributed by atoms with Gasteiger partial charge in [-0.3, -0.25) is 0 Å². The molecule has 0 N–H and O–H groups in total. The molecule has 0 atom stereocenters. The maximum Gasteiger partial charge on any atom is 0.233 e. The normalized spacial score (nSPS) is 10.2. The molecule has 0 spiro atoms. The molecule has 1 heterocycles. The average Bonchev–Trinajstić information content (AvgIpc) is 2.46. The Bertz CT molecular complexity index is 585. The molecule has 0 bridgehead atoms. The number of benzene rings is 1. The summed E-state index contributed by atoms with van der Waals surface area (Å²) < 4.78 is 5.54. The Morgan fingerprint density at radius 1 is 1.21 bits per heavy atom. The lowest BCUT2D eigenvalue weighted by atomic mass is 10.1. The van der Waals surface area contributed by atoms with Crippen LogP contribution in [0.5, 0.6) is 5.88 Å². The van der Waals surface area contributed by atoms with Gasteiger partial charge in [0.15, 0.2) is 0 Å². The van der Waals surface area contributed by atoms with E-state index in [0.717, 1.165) is 11.3 Å². The largest absolute Gasteiger partial charge is 0.472 e. The van der Waals surface area contributed by atoms with Crippen LogP contribution in [0.2, 0.25) is 0 Å². The third kappa shape index (κ3) is 3.52. The summed E-state index contributed by atoms with van der Waals surface area (Å²) in [7, 11) is 0. The highest BCUT2D eigenvalue weighted by Gasteiger charge is 2.03. The second-order valence-corrected chi connectivity index (χ2v) is 4.55. The lowest BCUT2D eigenvalue weighted by Crippen LogP contribution is -2.01. The van der Waals surface area contributed by atoms with Crippen LogP contribution in [0.4, 0.5) is 0 Å². The number of aromatic nitrogens is 2. The van der Waals surface area contributed by atoms with Crippen LogP contribution in [0, 0.1) is 11.3 Å². The number of hydrogen-bond donors (Lipinski definition) is 0. The van der Waals surface area contributed by atoms with Crippen LogP contribution in [-0.4, -0.2) is 10.2 Å². The molecule has 0 fully saturated rings. The fraction of sp³-hybridized carbons (Fsp3) is 0.267. The second-order valence-electron chi connectivity index (χ2n) is 4.55. The molecule has 0 aliphatic heterocycles. The van der Waals surface area contributed by atoms with E-state index in [1.807, 2.05) is 24.3 Å². The zero-order valence-corrected chi connectivity index (χ0v) is 11.0. The van der Waals surface area contributed by atoms with Crippen molar-refractivity contribution in [3.8, 4) is 11.9 Å². The van der Waals surface area contributed by atoms with E-state index in [0.29, 0.717) is 24.0 Å². The summed E-state index contributed by atoms with van der Waals surface area (Å²) in [6, 6.07) is 13.2. The molecule has 0 unspecified atom stereocenters. The van der Waals surface area contributed by atoms with Crippen molar-refractivity contribution in [3.05, 3.63) is 53.2 Å². The highest BCUT2D eigenvalue weighted by Crippen LogP contribution is 2.14. The summed E-state index contributed by atoms with van der Waals surface area (Å²) in [6.07, 6.45) is 0. The van der Waals surface area contributed by atoms with Crippen LogP contribution in [0.25, 0.3) is 0 Å². The van der Waals surface area contributed by atoms with E-state index in [9.17, 15) is 0 Å². The third-order valence-corrected chi connectivity index (χ3v) is 2.70. The highest BCUT2D eigenvalue weighted by molar-refractivity contribution is 5.32. The summed E-state index contributed by atoms with van der Waals surface area (Å²) in [5.74, 6) is 0.848. The van der Waals surface area contributed by atoms with Gasteiger partial charge in [0.2, 0.25) is 5.88 Å². The molecule has 0 saturated heterocycles. The molecule has 0 saturated carbocycles. The van der Waals surface area contributed by atoms with Crippen LogP contribution in [-0.2, 0) is 6.61 Å². The van der Waals surface area contributed by atoms with Crippen molar-refractivity contribution in [2.45, 2.75) is 26.4 Å². The molecule has 4 heteroatoms. The van der Waals surface area contributed by atoms with Gasteiger partial charge in [-0.1, -0.05) is 26.0 Å². The predicted octanol–water partition coefficient (Wildman–Crippen LogP) is 3.05. The number of rotatable bonds is 4. The van der Waals surface area contributed by atoms with Gasteiger partial charge in [0, 0.05) is 6.07 Å². The highest BCUT2D eigenvalue weighted by atomic mass is 16.5. The molecule has 0 amide bonds. The number of hydrogen-bond acceptors (Lipinski definition) is 4. The van der Waals surface area contributed by atoms with Crippen molar-refractivity contribution in [1.82, 2.24) is 10.2 Å². The molecule has 0 radical (unpaired) electrons. The molecular weight excluding hydrogens is 238 g/mol. The van der Waals surface area contributed by atoms with Gasteiger partial charge in [-0.15, -0.1) is 5.10 Å². The average molecular weight is 253 g/mol. The van der Waals surface area contributed by atoms with Gasteiger partial charge in [0.1, 0.15) is 6.61 Å². The molecule has 4 nitrogen and oxygen atoms in total. The minimum atomic E-state index is 0.355. The Balaban J connectivity index is 2.00. The van der Waals surface area contributed by atoms with Crippen molar-refractivity contribution in [1.29, 1.82) is 5.26 Å². The van der Waals surface area contributed by atoms with Crippen molar-refractivity contribution >= 4 is 0 Å². The predicted molar refractivity (Wildman–Crippen MR) is 71.6 cm³/mol. The van der Waals surface area contributed by atoms with E-state index in [1.165, 1.54) is 0 Å². The number of nitrogens with zero attached hydrogens (tertiary/aromatic N) is 3. The fourth-order valence-corrected chi connectivity index (χ4v) is 1.60. The summed E-state index contributed by atoms with van der Waals surface area (Å²) in [4.78, 5) is 0.